The second kappa shape index (κ2) is 10.7. The fourth-order valence-electron chi connectivity index (χ4n) is 3.72. The van der Waals surface area contributed by atoms with Gasteiger partial charge in [0.2, 0.25) is 5.88 Å². The minimum absolute atomic E-state index is 0.0517. The summed E-state index contributed by atoms with van der Waals surface area (Å²) in [7, 11) is 1.62. The van der Waals surface area contributed by atoms with Crippen LogP contribution in [0.4, 0.5) is 0 Å². The van der Waals surface area contributed by atoms with E-state index >= 15 is 0 Å². The smallest absolute Gasteiger partial charge is 0.251 e. The van der Waals surface area contributed by atoms with E-state index in [0.717, 1.165) is 30.0 Å². The van der Waals surface area contributed by atoms with Gasteiger partial charge >= 0.3 is 0 Å². The van der Waals surface area contributed by atoms with E-state index < -0.39 is 0 Å². The second-order valence-corrected chi connectivity index (χ2v) is 7.75. The van der Waals surface area contributed by atoms with Crippen LogP contribution in [0.5, 0.6) is 17.4 Å². The van der Waals surface area contributed by atoms with Crippen molar-refractivity contribution < 1.29 is 14.3 Å². The lowest BCUT2D eigenvalue weighted by molar-refractivity contribution is 0.0952. The van der Waals surface area contributed by atoms with E-state index in [1.165, 1.54) is 32.3 Å². The van der Waals surface area contributed by atoms with Crippen LogP contribution in [0.2, 0.25) is 0 Å². The summed E-state index contributed by atoms with van der Waals surface area (Å²) in [5.41, 5.74) is 2.25. The number of aromatic nitrogens is 2. The number of ether oxygens (including phenoxy) is 2. The van der Waals surface area contributed by atoms with E-state index in [2.05, 4.69) is 20.2 Å². The highest BCUT2D eigenvalue weighted by Gasteiger charge is 2.11. The van der Waals surface area contributed by atoms with Gasteiger partial charge in [-0.3, -0.25) is 4.79 Å². The van der Waals surface area contributed by atoms with Gasteiger partial charge in [0.1, 0.15) is 17.8 Å². The lowest BCUT2D eigenvalue weighted by Crippen LogP contribution is -2.28. The monoisotopic (exact) mass is 432 g/mol. The zero-order chi connectivity index (χ0) is 22.2. The first-order valence-corrected chi connectivity index (χ1v) is 11.0. The number of methoxy groups -OCH3 is 1. The molecule has 7 heteroatoms. The number of hydrogen-bond donors (Lipinski definition) is 1. The number of likely N-dealkylation sites (tertiary alicyclic amines) is 1. The summed E-state index contributed by atoms with van der Waals surface area (Å²) in [6.07, 6.45) is 5.02. The number of rotatable bonds is 9. The number of amides is 1. The Morgan fingerprint density at radius 1 is 1.00 bits per heavy atom. The molecule has 1 saturated heterocycles. The molecule has 1 aliphatic rings. The van der Waals surface area contributed by atoms with E-state index in [9.17, 15) is 4.79 Å². The Labute approximate surface area is 188 Å². The van der Waals surface area contributed by atoms with Gasteiger partial charge in [-0.2, -0.15) is 0 Å². The number of carbonyl (C=O) groups excluding carboxylic acids is 1. The predicted molar refractivity (Wildman–Crippen MR) is 123 cm³/mol. The minimum Gasteiger partial charge on any atom is -0.497 e. The quantitative estimate of drug-likeness (QED) is 0.512. The standard InChI is InChI=1S/C25H28N4O3/c1-31-21-9-11-22(12-10-21)32-24-17-23(27-18-28-24)19-5-7-20(8-6-19)25(30)26-13-4-16-29-14-2-3-15-29/h5-12,17-18H,2-4,13-16H2,1H3,(H,26,30). The third-order valence-corrected chi connectivity index (χ3v) is 5.50. The van der Waals surface area contributed by atoms with E-state index in [1.54, 1.807) is 13.2 Å². The maximum atomic E-state index is 12.4. The van der Waals surface area contributed by atoms with Crippen LogP contribution >= 0.6 is 0 Å². The predicted octanol–water partition coefficient (Wildman–Crippen LogP) is 4.16. The van der Waals surface area contributed by atoms with Gasteiger partial charge in [-0.05, 0) is 75.3 Å². The van der Waals surface area contributed by atoms with Crippen molar-refractivity contribution in [1.82, 2.24) is 20.2 Å². The van der Waals surface area contributed by atoms with Crippen molar-refractivity contribution in [3.8, 4) is 28.6 Å². The first kappa shape index (κ1) is 21.8. The van der Waals surface area contributed by atoms with Gasteiger partial charge in [0.25, 0.3) is 5.91 Å². The first-order chi connectivity index (χ1) is 15.7. The van der Waals surface area contributed by atoms with Crippen LogP contribution in [0.15, 0.2) is 60.9 Å². The molecular weight excluding hydrogens is 404 g/mol. The number of benzene rings is 2. The molecule has 0 saturated carbocycles. The molecule has 2 aromatic carbocycles. The van der Waals surface area contributed by atoms with Crippen molar-refractivity contribution in [2.45, 2.75) is 19.3 Å². The summed E-state index contributed by atoms with van der Waals surface area (Å²) in [5.74, 6) is 1.81. The fraction of sp³-hybridized carbons (Fsp3) is 0.320. The van der Waals surface area contributed by atoms with Crippen LogP contribution < -0.4 is 14.8 Å². The average Bonchev–Trinajstić information content (AvgIpc) is 3.36. The molecule has 0 unspecified atom stereocenters. The van der Waals surface area contributed by atoms with Crippen molar-refractivity contribution >= 4 is 5.91 Å². The van der Waals surface area contributed by atoms with Crippen molar-refractivity contribution in [3.63, 3.8) is 0 Å². The Balaban J connectivity index is 1.32. The zero-order valence-electron chi connectivity index (χ0n) is 18.3. The molecule has 2 heterocycles. The summed E-state index contributed by atoms with van der Waals surface area (Å²) < 4.78 is 11.0. The minimum atomic E-state index is -0.0517. The maximum absolute atomic E-state index is 12.4. The van der Waals surface area contributed by atoms with Gasteiger partial charge in [0.05, 0.1) is 12.8 Å². The first-order valence-electron chi connectivity index (χ1n) is 11.0. The lowest BCUT2D eigenvalue weighted by atomic mass is 10.1. The number of nitrogens with zero attached hydrogens (tertiary/aromatic N) is 3. The highest BCUT2D eigenvalue weighted by molar-refractivity contribution is 5.94. The Kier molecular flexibility index (Phi) is 7.30. The van der Waals surface area contributed by atoms with Gasteiger partial charge in [0, 0.05) is 23.7 Å². The van der Waals surface area contributed by atoms with Crippen LogP contribution in [-0.4, -0.2) is 54.1 Å². The van der Waals surface area contributed by atoms with Crippen LogP contribution in [0.25, 0.3) is 11.3 Å². The molecule has 1 N–H and O–H groups in total. The van der Waals surface area contributed by atoms with Gasteiger partial charge < -0.3 is 19.7 Å². The summed E-state index contributed by atoms with van der Waals surface area (Å²) in [4.78, 5) is 23.4. The molecule has 166 valence electrons. The Hall–Kier alpha value is -3.45. The van der Waals surface area contributed by atoms with Crippen molar-refractivity contribution in [3.05, 3.63) is 66.5 Å². The molecule has 7 nitrogen and oxygen atoms in total. The average molecular weight is 433 g/mol. The molecule has 32 heavy (non-hydrogen) atoms. The van der Waals surface area contributed by atoms with Gasteiger partial charge in [-0.25, -0.2) is 9.97 Å². The number of carbonyl (C=O) groups is 1. The molecule has 1 amide bonds. The Morgan fingerprint density at radius 2 is 1.72 bits per heavy atom. The Morgan fingerprint density at radius 3 is 2.44 bits per heavy atom. The highest BCUT2D eigenvalue weighted by atomic mass is 16.5. The van der Waals surface area contributed by atoms with Crippen LogP contribution in [-0.2, 0) is 0 Å². The van der Waals surface area contributed by atoms with Crippen molar-refractivity contribution in [2.24, 2.45) is 0 Å². The topological polar surface area (TPSA) is 76.6 Å². The van der Waals surface area contributed by atoms with E-state index in [4.69, 9.17) is 9.47 Å². The molecule has 0 radical (unpaired) electrons. The lowest BCUT2D eigenvalue weighted by Gasteiger charge is -2.14. The molecule has 1 fully saturated rings. The van der Waals surface area contributed by atoms with Crippen LogP contribution in [0.1, 0.15) is 29.6 Å². The van der Waals surface area contributed by atoms with Crippen LogP contribution in [0, 0.1) is 0 Å². The van der Waals surface area contributed by atoms with Crippen LogP contribution in [0.3, 0.4) is 0 Å². The van der Waals surface area contributed by atoms with Crippen molar-refractivity contribution in [1.29, 1.82) is 0 Å². The fourth-order valence-corrected chi connectivity index (χ4v) is 3.72. The Bertz CT molecular complexity index is 1020. The molecule has 3 aromatic rings. The number of nitrogens with one attached hydrogen (secondary N) is 1. The van der Waals surface area contributed by atoms with Crippen molar-refractivity contribution in [2.75, 3.05) is 33.3 Å². The molecule has 0 atom stereocenters. The zero-order valence-corrected chi connectivity index (χ0v) is 18.3. The molecule has 0 aliphatic carbocycles. The van der Waals surface area contributed by atoms with Gasteiger partial charge in [-0.15, -0.1) is 0 Å². The third-order valence-electron chi connectivity index (χ3n) is 5.50. The third kappa shape index (κ3) is 5.82. The summed E-state index contributed by atoms with van der Waals surface area (Å²) in [5, 5.41) is 3.01. The van der Waals surface area contributed by atoms with E-state index in [1.807, 2.05) is 48.5 Å². The maximum Gasteiger partial charge on any atom is 0.251 e. The molecule has 0 bridgehead atoms. The van der Waals surface area contributed by atoms with Gasteiger partial charge in [-0.1, -0.05) is 12.1 Å². The molecule has 4 rings (SSSR count). The molecule has 0 spiro atoms. The summed E-state index contributed by atoms with van der Waals surface area (Å²) in [6.45, 7) is 4.11. The SMILES string of the molecule is COc1ccc(Oc2cc(-c3ccc(C(=O)NCCCN4CCCC4)cc3)ncn2)cc1. The molecular formula is C25H28N4O3. The van der Waals surface area contributed by atoms with E-state index in [-0.39, 0.29) is 5.91 Å². The highest BCUT2D eigenvalue weighted by Crippen LogP contribution is 2.25. The summed E-state index contributed by atoms with van der Waals surface area (Å²) in [6, 6.07) is 16.5. The normalized spacial score (nSPS) is 13.7. The molecule has 1 aromatic heterocycles. The van der Waals surface area contributed by atoms with E-state index in [0.29, 0.717) is 23.7 Å². The summed E-state index contributed by atoms with van der Waals surface area (Å²) >= 11 is 0. The van der Waals surface area contributed by atoms with Gasteiger partial charge in [0.15, 0.2) is 0 Å². The second-order valence-electron chi connectivity index (χ2n) is 7.75. The molecule has 1 aliphatic heterocycles. The largest absolute Gasteiger partial charge is 0.497 e. The number of hydrogen-bond acceptors (Lipinski definition) is 6.